The second-order valence-electron chi connectivity index (χ2n) is 7.07. The molecule has 4 bridgehead atoms. The molecule has 108 valence electrons. The van der Waals surface area contributed by atoms with Gasteiger partial charge in [0.25, 0.3) is 0 Å². The Morgan fingerprint density at radius 2 is 1.70 bits per heavy atom. The molecule has 1 nitrogen and oxygen atoms in total. The van der Waals surface area contributed by atoms with E-state index in [-0.39, 0.29) is 5.82 Å². The molecule has 1 aromatic rings. The first-order valence-corrected chi connectivity index (χ1v) is 8.65. The fourth-order valence-corrected chi connectivity index (χ4v) is 5.57. The molecular weight excluding hydrogens is 317 g/mol. The molecule has 0 aliphatic heterocycles. The predicted molar refractivity (Wildman–Crippen MR) is 81.8 cm³/mol. The second kappa shape index (κ2) is 5.10. The number of benzene rings is 1. The first kappa shape index (κ1) is 13.3. The zero-order valence-electron chi connectivity index (χ0n) is 11.6. The van der Waals surface area contributed by atoms with Gasteiger partial charge in [-0.3, -0.25) is 0 Å². The molecule has 0 saturated heterocycles. The maximum absolute atomic E-state index is 13.8. The Bertz CT molecular complexity index is 488. The molecule has 20 heavy (non-hydrogen) atoms. The lowest BCUT2D eigenvalue weighted by molar-refractivity contribution is -0.0143. The molecule has 0 amide bonds. The normalized spacial score (nSPS) is 38.4. The molecular formula is C17H21BrFN. The van der Waals surface area contributed by atoms with Crippen molar-refractivity contribution >= 4 is 15.9 Å². The van der Waals surface area contributed by atoms with Crippen molar-refractivity contribution in [3.63, 3.8) is 0 Å². The van der Waals surface area contributed by atoms with Gasteiger partial charge in [0, 0.05) is 22.6 Å². The van der Waals surface area contributed by atoms with Crippen molar-refractivity contribution in [2.24, 2.45) is 23.7 Å². The molecule has 0 aromatic heterocycles. The second-order valence-corrected chi connectivity index (χ2v) is 7.99. The van der Waals surface area contributed by atoms with E-state index >= 15 is 0 Å². The van der Waals surface area contributed by atoms with Crippen LogP contribution in [0.2, 0.25) is 0 Å². The Morgan fingerprint density at radius 1 is 1.05 bits per heavy atom. The van der Waals surface area contributed by atoms with Gasteiger partial charge in [0.15, 0.2) is 0 Å². The summed E-state index contributed by atoms with van der Waals surface area (Å²) < 4.78 is 14.8. The highest BCUT2D eigenvalue weighted by Crippen LogP contribution is 2.53. The Balaban J connectivity index is 1.46. The Labute approximate surface area is 128 Å². The third kappa shape index (κ3) is 2.33. The van der Waals surface area contributed by atoms with Gasteiger partial charge in [-0.2, -0.15) is 0 Å². The highest BCUT2D eigenvalue weighted by molar-refractivity contribution is 9.10. The molecule has 1 aromatic carbocycles. The van der Waals surface area contributed by atoms with Crippen molar-refractivity contribution in [2.75, 3.05) is 0 Å². The maximum Gasteiger partial charge on any atom is 0.127 e. The van der Waals surface area contributed by atoms with E-state index < -0.39 is 0 Å². The molecule has 4 saturated carbocycles. The lowest BCUT2D eigenvalue weighted by atomic mass is 9.54. The molecule has 0 atom stereocenters. The summed E-state index contributed by atoms with van der Waals surface area (Å²) in [6.45, 7) is 0.665. The molecule has 4 aliphatic rings. The van der Waals surface area contributed by atoms with Crippen molar-refractivity contribution in [3.05, 3.63) is 34.1 Å². The highest BCUT2D eigenvalue weighted by Gasteiger charge is 2.47. The van der Waals surface area contributed by atoms with Crippen LogP contribution in [0, 0.1) is 29.5 Å². The van der Waals surface area contributed by atoms with Gasteiger partial charge in [0.1, 0.15) is 5.82 Å². The van der Waals surface area contributed by atoms with Crippen LogP contribution in [0.5, 0.6) is 0 Å². The lowest BCUT2D eigenvalue weighted by Gasteiger charge is -2.54. The zero-order chi connectivity index (χ0) is 13.7. The van der Waals surface area contributed by atoms with Gasteiger partial charge >= 0.3 is 0 Å². The topological polar surface area (TPSA) is 12.0 Å². The van der Waals surface area contributed by atoms with E-state index in [0.29, 0.717) is 12.6 Å². The van der Waals surface area contributed by atoms with Gasteiger partial charge in [-0.15, -0.1) is 0 Å². The van der Waals surface area contributed by atoms with Crippen LogP contribution >= 0.6 is 15.9 Å². The van der Waals surface area contributed by atoms with Crippen LogP contribution in [-0.4, -0.2) is 6.04 Å². The average molecular weight is 338 g/mol. The number of halogens is 2. The maximum atomic E-state index is 13.8. The van der Waals surface area contributed by atoms with Crippen molar-refractivity contribution in [3.8, 4) is 0 Å². The van der Waals surface area contributed by atoms with E-state index in [0.717, 1.165) is 33.7 Å². The van der Waals surface area contributed by atoms with Crippen LogP contribution in [0.3, 0.4) is 0 Å². The van der Waals surface area contributed by atoms with Gasteiger partial charge in [-0.25, -0.2) is 4.39 Å². The van der Waals surface area contributed by atoms with Gasteiger partial charge in [-0.05, 0) is 74.0 Å². The van der Waals surface area contributed by atoms with Crippen LogP contribution < -0.4 is 5.32 Å². The average Bonchev–Trinajstić information content (AvgIpc) is 2.41. The fourth-order valence-electron chi connectivity index (χ4n) is 5.17. The van der Waals surface area contributed by atoms with Crippen molar-refractivity contribution in [2.45, 2.75) is 44.7 Å². The molecule has 0 unspecified atom stereocenters. The van der Waals surface area contributed by atoms with E-state index in [1.807, 2.05) is 6.07 Å². The SMILES string of the molecule is Fc1ccc(Br)cc1CNC1C2CC3CC(C2)CC1C3. The molecule has 4 aliphatic carbocycles. The first-order chi connectivity index (χ1) is 9.69. The Morgan fingerprint density at radius 3 is 2.35 bits per heavy atom. The van der Waals surface area contributed by atoms with Gasteiger partial charge in [0.05, 0.1) is 0 Å². The number of nitrogens with one attached hydrogen (secondary N) is 1. The van der Waals surface area contributed by atoms with Gasteiger partial charge < -0.3 is 5.32 Å². The largest absolute Gasteiger partial charge is 0.309 e. The number of hydrogen-bond donors (Lipinski definition) is 1. The minimum Gasteiger partial charge on any atom is -0.309 e. The fraction of sp³-hybridized carbons (Fsp3) is 0.647. The van der Waals surface area contributed by atoms with Crippen molar-refractivity contribution < 1.29 is 4.39 Å². The third-order valence-electron chi connectivity index (χ3n) is 5.76. The van der Waals surface area contributed by atoms with Crippen LogP contribution in [0.4, 0.5) is 4.39 Å². The molecule has 5 rings (SSSR count). The molecule has 1 N–H and O–H groups in total. The monoisotopic (exact) mass is 337 g/mol. The van der Waals surface area contributed by atoms with Gasteiger partial charge in [0.2, 0.25) is 0 Å². The van der Waals surface area contributed by atoms with E-state index in [1.54, 1.807) is 12.1 Å². The number of hydrogen-bond acceptors (Lipinski definition) is 1. The molecule has 3 heteroatoms. The third-order valence-corrected chi connectivity index (χ3v) is 6.26. The zero-order valence-corrected chi connectivity index (χ0v) is 13.2. The summed E-state index contributed by atoms with van der Waals surface area (Å²) in [5.74, 6) is 3.60. The van der Waals surface area contributed by atoms with Crippen LogP contribution in [-0.2, 0) is 6.54 Å². The standard InChI is InChI=1S/C17H21BrFN/c18-15-1-2-16(19)14(8-15)9-20-17-12-4-10-3-11(6-12)7-13(17)5-10/h1-2,8,10-13,17,20H,3-7,9H2. The smallest absolute Gasteiger partial charge is 0.127 e. The summed E-state index contributed by atoms with van der Waals surface area (Å²) in [5, 5.41) is 3.69. The van der Waals surface area contributed by atoms with Crippen LogP contribution in [0.1, 0.15) is 37.7 Å². The minimum atomic E-state index is -0.0930. The van der Waals surface area contributed by atoms with E-state index in [9.17, 15) is 4.39 Å². The molecule has 4 fully saturated rings. The summed E-state index contributed by atoms with van der Waals surface area (Å²) in [4.78, 5) is 0. The predicted octanol–water partition coefficient (Wildman–Crippen LogP) is 4.50. The molecule has 0 radical (unpaired) electrons. The van der Waals surface area contributed by atoms with E-state index in [2.05, 4.69) is 21.2 Å². The van der Waals surface area contributed by atoms with E-state index in [4.69, 9.17) is 0 Å². The van der Waals surface area contributed by atoms with Crippen molar-refractivity contribution in [1.82, 2.24) is 5.32 Å². The summed E-state index contributed by atoms with van der Waals surface area (Å²) in [6, 6.07) is 5.85. The number of rotatable bonds is 3. The lowest BCUT2D eigenvalue weighted by Crippen LogP contribution is -2.54. The first-order valence-electron chi connectivity index (χ1n) is 7.86. The highest BCUT2D eigenvalue weighted by atomic mass is 79.9. The summed E-state index contributed by atoms with van der Waals surface area (Å²) in [7, 11) is 0. The summed E-state index contributed by atoms with van der Waals surface area (Å²) in [6.07, 6.45) is 7.12. The van der Waals surface area contributed by atoms with Crippen molar-refractivity contribution in [1.29, 1.82) is 0 Å². The quantitative estimate of drug-likeness (QED) is 0.856. The molecule has 0 heterocycles. The summed E-state index contributed by atoms with van der Waals surface area (Å²) in [5.41, 5.74) is 0.785. The Hall–Kier alpha value is -0.410. The summed E-state index contributed by atoms with van der Waals surface area (Å²) >= 11 is 3.43. The Kier molecular flexibility index (Phi) is 3.38. The molecule has 0 spiro atoms. The van der Waals surface area contributed by atoms with E-state index in [1.165, 1.54) is 32.1 Å². The van der Waals surface area contributed by atoms with Crippen LogP contribution in [0.15, 0.2) is 22.7 Å². The van der Waals surface area contributed by atoms with Gasteiger partial charge in [-0.1, -0.05) is 15.9 Å². The van der Waals surface area contributed by atoms with Crippen LogP contribution in [0.25, 0.3) is 0 Å². The minimum absolute atomic E-state index is 0.0930.